The van der Waals surface area contributed by atoms with E-state index in [2.05, 4.69) is 32.0 Å². The Morgan fingerprint density at radius 2 is 1.74 bits per heavy atom. The highest BCUT2D eigenvalue weighted by molar-refractivity contribution is 5.97. The minimum Gasteiger partial charge on any atom is -0.294 e. The summed E-state index contributed by atoms with van der Waals surface area (Å²) in [6.45, 7) is 4.21. The van der Waals surface area contributed by atoms with Crippen molar-refractivity contribution in [1.29, 1.82) is 0 Å². The Kier molecular flexibility index (Phi) is 4.51. The third-order valence-electron chi connectivity index (χ3n) is 3.23. The summed E-state index contributed by atoms with van der Waals surface area (Å²) < 4.78 is 0. The summed E-state index contributed by atoms with van der Waals surface area (Å²) in [5, 5.41) is 0. The van der Waals surface area contributed by atoms with Crippen LogP contribution in [0.2, 0.25) is 0 Å². The highest BCUT2D eigenvalue weighted by Crippen LogP contribution is 2.12. The fourth-order valence-corrected chi connectivity index (χ4v) is 2.30. The van der Waals surface area contributed by atoms with Gasteiger partial charge >= 0.3 is 0 Å². The zero-order valence-corrected chi connectivity index (χ0v) is 11.6. The van der Waals surface area contributed by atoms with Crippen LogP contribution in [0.4, 0.5) is 0 Å². The second-order valence-corrected chi connectivity index (χ2v) is 5.04. The topological polar surface area (TPSA) is 17.1 Å². The van der Waals surface area contributed by atoms with Gasteiger partial charge in [0.1, 0.15) is 0 Å². The molecule has 0 saturated carbocycles. The van der Waals surface area contributed by atoms with Gasteiger partial charge in [-0.2, -0.15) is 0 Å². The first kappa shape index (κ1) is 13.5. The maximum atomic E-state index is 12.3. The molecule has 2 aromatic rings. The average molecular weight is 252 g/mol. The van der Waals surface area contributed by atoms with Crippen molar-refractivity contribution in [1.82, 2.24) is 0 Å². The van der Waals surface area contributed by atoms with Crippen molar-refractivity contribution < 1.29 is 4.79 Å². The summed E-state index contributed by atoms with van der Waals surface area (Å²) in [5.74, 6) is 0.198. The molecule has 0 unspecified atom stereocenters. The van der Waals surface area contributed by atoms with Crippen molar-refractivity contribution in [3.63, 3.8) is 0 Å². The number of carbonyl (C=O) groups is 1. The lowest BCUT2D eigenvalue weighted by molar-refractivity contribution is 0.0993. The first-order valence-corrected chi connectivity index (χ1v) is 6.86. The molecule has 0 saturated heterocycles. The monoisotopic (exact) mass is 252 g/mol. The molecule has 0 aliphatic carbocycles. The molecule has 0 atom stereocenters. The SMILES string of the molecule is CCCc1cccc(C(=O)Cc2cccc(C)c2)c1. The Bertz CT molecular complexity index is 569. The first-order valence-electron chi connectivity index (χ1n) is 6.86. The maximum Gasteiger partial charge on any atom is 0.167 e. The number of Topliss-reactive ketones (excluding diaryl/α,β-unsaturated/α-hetero) is 1. The molecule has 0 spiro atoms. The van der Waals surface area contributed by atoms with E-state index in [-0.39, 0.29) is 5.78 Å². The molecule has 98 valence electrons. The lowest BCUT2D eigenvalue weighted by Gasteiger charge is -2.05. The lowest BCUT2D eigenvalue weighted by atomic mass is 9.99. The van der Waals surface area contributed by atoms with Gasteiger partial charge in [0, 0.05) is 12.0 Å². The van der Waals surface area contributed by atoms with Crippen LogP contribution in [0.25, 0.3) is 0 Å². The molecule has 2 rings (SSSR count). The Hall–Kier alpha value is -1.89. The predicted octanol–water partition coefficient (Wildman–Crippen LogP) is 4.37. The second kappa shape index (κ2) is 6.33. The number of hydrogen-bond donors (Lipinski definition) is 0. The number of rotatable bonds is 5. The van der Waals surface area contributed by atoms with Crippen molar-refractivity contribution in [3.8, 4) is 0 Å². The van der Waals surface area contributed by atoms with Crippen molar-refractivity contribution in [2.75, 3.05) is 0 Å². The molecule has 0 aliphatic rings. The average Bonchev–Trinajstić information content (AvgIpc) is 2.39. The Morgan fingerprint density at radius 3 is 2.47 bits per heavy atom. The second-order valence-electron chi connectivity index (χ2n) is 5.04. The molecule has 19 heavy (non-hydrogen) atoms. The molecule has 0 amide bonds. The quantitative estimate of drug-likeness (QED) is 0.722. The van der Waals surface area contributed by atoms with Crippen LogP contribution in [0.5, 0.6) is 0 Å². The van der Waals surface area contributed by atoms with Crippen molar-refractivity contribution in [3.05, 3.63) is 70.8 Å². The summed E-state index contributed by atoms with van der Waals surface area (Å²) in [5.41, 5.74) is 4.36. The minimum absolute atomic E-state index is 0.198. The van der Waals surface area contributed by atoms with Crippen LogP contribution in [-0.4, -0.2) is 5.78 Å². The third kappa shape index (κ3) is 3.78. The number of hydrogen-bond acceptors (Lipinski definition) is 1. The van der Waals surface area contributed by atoms with Crippen molar-refractivity contribution in [2.24, 2.45) is 0 Å². The number of carbonyl (C=O) groups excluding carboxylic acids is 1. The summed E-state index contributed by atoms with van der Waals surface area (Å²) in [7, 11) is 0. The fourth-order valence-electron chi connectivity index (χ4n) is 2.30. The van der Waals surface area contributed by atoms with Gasteiger partial charge in [0.15, 0.2) is 5.78 Å². The molecule has 0 radical (unpaired) electrons. The molecule has 0 N–H and O–H groups in total. The van der Waals surface area contributed by atoms with Crippen molar-refractivity contribution in [2.45, 2.75) is 33.1 Å². The summed E-state index contributed by atoms with van der Waals surface area (Å²) in [6, 6.07) is 16.2. The molecule has 0 heterocycles. The van der Waals surface area contributed by atoms with Crippen LogP contribution in [0.15, 0.2) is 48.5 Å². The van der Waals surface area contributed by atoms with Gasteiger partial charge in [0.25, 0.3) is 0 Å². The van der Waals surface area contributed by atoms with Gasteiger partial charge in [-0.3, -0.25) is 4.79 Å². The number of ketones is 1. The summed E-state index contributed by atoms with van der Waals surface area (Å²) in [4.78, 5) is 12.3. The molecule has 0 aromatic heterocycles. The van der Waals surface area contributed by atoms with Gasteiger partial charge in [-0.05, 0) is 30.5 Å². The van der Waals surface area contributed by atoms with Gasteiger partial charge in [-0.15, -0.1) is 0 Å². The first-order chi connectivity index (χ1) is 9.19. The van der Waals surface area contributed by atoms with Crippen LogP contribution in [-0.2, 0) is 12.8 Å². The van der Waals surface area contributed by atoms with Crippen LogP contribution in [0.3, 0.4) is 0 Å². The molecule has 1 heteroatoms. The standard InChI is InChI=1S/C18H20O/c1-3-6-15-8-5-10-17(12-15)18(19)13-16-9-4-7-14(2)11-16/h4-5,7-12H,3,6,13H2,1-2H3. The van der Waals surface area contributed by atoms with E-state index in [1.54, 1.807) is 0 Å². The van der Waals surface area contributed by atoms with Crippen LogP contribution in [0, 0.1) is 6.92 Å². The molecular formula is C18H20O. The summed E-state index contributed by atoms with van der Waals surface area (Å²) >= 11 is 0. The third-order valence-corrected chi connectivity index (χ3v) is 3.23. The Balaban J connectivity index is 2.13. The Labute approximate surface area is 115 Å². The lowest BCUT2D eigenvalue weighted by Crippen LogP contribution is -2.04. The Morgan fingerprint density at radius 1 is 1.00 bits per heavy atom. The highest BCUT2D eigenvalue weighted by Gasteiger charge is 2.07. The largest absolute Gasteiger partial charge is 0.294 e. The van der Waals surface area contributed by atoms with E-state index in [9.17, 15) is 4.79 Å². The van der Waals surface area contributed by atoms with E-state index in [1.807, 2.05) is 30.3 Å². The van der Waals surface area contributed by atoms with Crippen LogP contribution < -0.4 is 0 Å². The van der Waals surface area contributed by atoms with E-state index in [1.165, 1.54) is 11.1 Å². The van der Waals surface area contributed by atoms with Gasteiger partial charge in [-0.1, -0.05) is 61.4 Å². The molecule has 0 bridgehead atoms. The van der Waals surface area contributed by atoms with Crippen LogP contribution in [0.1, 0.15) is 40.4 Å². The van der Waals surface area contributed by atoms with E-state index >= 15 is 0 Å². The molecule has 2 aromatic carbocycles. The summed E-state index contributed by atoms with van der Waals surface area (Å²) in [6.07, 6.45) is 2.62. The smallest absolute Gasteiger partial charge is 0.167 e. The van der Waals surface area contributed by atoms with E-state index in [4.69, 9.17) is 0 Å². The molecule has 0 fully saturated rings. The molecular weight excluding hydrogens is 232 g/mol. The van der Waals surface area contributed by atoms with E-state index in [0.29, 0.717) is 6.42 Å². The zero-order chi connectivity index (χ0) is 13.7. The van der Waals surface area contributed by atoms with Gasteiger partial charge in [0.2, 0.25) is 0 Å². The van der Waals surface area contributed by atoms with Crippen LogP contribution >= 0.6 is 0 Å². The van der Waals surface area contributed by atoms with E-state index in [0.717, 1.165) is 24.0 Å². The van der Waals surface area contributed by atoms with Gasteiger partial charge < -0.3 is 0 Å². The maximum absolute atomic E-state index is 12.3. The predicted molar refractivity (Wildman–Crippen MR) is 79.7 cm³/mol. The fraction of sp³-hybridized carbons (Fsp3) is 0.278. The number of benzene rings is 2. The van der Waals surface area contributed by atoms with Gasteiger partial charge in [-0.25, -0.2) is 0 Å². The normalized spacial score (nSPS) is 10.4. The van der Waals surface area contributed by atoms with E-state index < -0.39 is 0 Å². The number of aryl methyl sites for hydroxylation is 2. The minimum atomic E-state index is 0.198. The van der Waals surface area contributed by atoms with Crippen molar-refractivity contribution >= 4 is 5.78 Å². The van der Waals surface area contributed by atoms with Gasteiger partial charge in [0.05, 0.1) is 0 Å². The zero-order valence-electron chi connectivity index (χ0n) is 11.6. The molecule has 1 nitrogen and oxygen atoms in total. The molecule has 0 aliphatic heterocycles. The highest BCUT2D eigenvalue weighted by atomic mass is 16.1.